The van der Waals surface area contributed by atoms with Crippen molar-refractivity contribution in [2.45, 2.75) is 25.8 Å². The molecule has 0 saturated heterocycles. The van der Waals surface area contributed by atoms with Crippen molar-refractivity contribution in [2.75, 3.05) is 11.1 Å². The molecule has 19 heavy (non-hydrogen) atoms. The Labute approximate surface area is 120 Å². The van der Waals surface area contributed by atoms with E-state index in [1.807, 2.05) is 6.20 Å². The van der Waals surface area contributed by atoms with Crippen molar-refractivity contribution in [3.8, 4) is 0 Å². The highest BCUT2D eigenvalue weighted by Crippen LogP contribution is 2.43. The third-order valence-corrected chi connectivity index (χ3v) is 4.20. The fourth-order valence-electron chi connectivity index (χ4n) is 2.00. The fraction of sp³-hybridized carbons (Fsp3) is 0.417. The summed E-state index contributed by atoms with van der Waals surface area (Å²) in [7, 11) is 0. The lowest BCUT2D eigenvalue weighted by molar-refractivity contribution is 0.670. The van der Waals surface area contributed by atoms with Crippen LogP contribution >= 0.6 is 22.9 Å². The summed E-state index contributed by atoms with van der Waals surface area (Å²) in [6.45, 7) is 2.06. The Balaban J connectivity index is 1.85. The monoisotopic (exact) mass is 295 g/mol. The largest absolute Gasteiger partial charge is 0.368 e. The van der Waals surface area contributed by atoms with Crippen LogP contribution in [0.15, 0.2) is 12.3 Å². The van der Waals surface area contributed by atoms with Crippen LogP contribution in [-0.2, 0) is 0 Å². The average Bonchev–Trinajstić information content (AvgIpc) is 3.07. The van der Waals surface area contributed by atoms with Gasteiger partial charge in [-0.3, -0.25) is 0 Å². The molecule has 100 valence electrons. The molecule has 5 nitrogen and oxygen atoms in total. The number of thiazole rings is 1. The second-order valence-electron chi connectivity index (χ2n) is 4.70. The lowest BCUT2D eigenvalue weighted by Gasteiger charge is -2.16. The van der Waals surface area contributed by atoms with E-state index in [-0.39, 0.29) is 12.0 Å². The minimum atomic E-state index is 0.180. The number of nitrogens with two attached hydrogens (primary N) is 1. The number of hydrogen-bond acceptors (Lipinski definition) is 6. The van der Waals surface area contributed by atoms with Gasteiger partial charge in [0.25, 0.3) is 0 Å². The quantitative estimate of drug-likeness (QED) is 0.848. The zero-order valence-corrected chi connectivity index (χ0v) is 12.0. The predicted octanol–water partition coefficient (Wildman–Crippen LogP) is 3.04. The Kier molecular flexibility index (Phi) is 3.28. The van der Waals surface area contributed by atoms with Crippen LogP contribution < -0.4 is 11.1 Å². The van der Waals surface area contributed by atoms with Crippen LogP contribution in [0.5, 0.6) is 0 Å². The van der Waals surface area contributed by atoms with Crippen LogP contribution in [0, 0.1) is 12.8 Å². The van der Waals surface area contributed by atoms with Gasteiger partial charge in [0, 0.05) is 17.1 Å². The first-order chi connectivity index (χ1) is 9.11. The Morgan fingerprint density at radius 1 is 1.47 bits per heavy atom. The van der Waals surface area contributed by atoms with Gasteiger partial charge in [-0.2, -0.15) is 4.98 Å². The van der Waals surface area contributed by atoms with Gasteiger partial charge >= 0.3 is 0 Å². The molecule has 2 aromatic rings. The fourth-order valence-corrected chi connectivity index (χ4v) is 3.10. The number of aryl methyl sites for hydroxylation is 1. The minimum Gasteiger partial charge on any atom is -0.368 e. The van der Waals surface area contributed by atoms with Crippen molar-refractivity contribution in [2.24, 2.45) is 5.92 Å². The Morgan fingerprint density at radius 2 is 2.26 bits per heavy atom. The summed E-state index contributed by atoms with van der Waals surface area (Å²) in [6.07, 6.45) is 4.33. The number of anilines is 2. The van der Waals surface area contributed by atoms with Gasteiger partial charge in [0.1, 0.15) is 16.0 Å². The second-order valence-corrected chi connectivity index (χ2v) is 6.36. The van der Waals surface area contributed by atoms with Crippen molar-refractivity contribution in [1.29, 1.82) is 0 Å². The van der Waals surface area contributed by atoms with Gasteiger partial charge in [0.15, 0.2) is 0 Å². The molecule has 2 heterocycles. The third-order valence-electron chi connectivity index (χ3n) is 3.01. The molecular weight excluding hydrogens is 282 g/mol. The molecule has 1 atom stereocenters. The van der Waals surface area contributed by atoms with Crippen molar-refractivity contribution in [3.05, 3.63) is 27.3 Å². The number of rotatable bonds is 4. The molecule has 1 aliphatic carbocycles. The van der Waals surface area contributed by atoms with E-state index < -0.39 is 0 Å². The van der Waals surface area contributed by atoms with Crippen molar-refractivity contribution in [3.63, 3.8) is 0 Å². The number of aromatic nitrogens is 3. The van der Waals surface area contributed by atoms with E-state index in [1.165, 1.54) is 17.7 Å². The van der Waals surface area contributed by atoms with Gasteiger partial charge in [-0.1, -0.05) is 11.6 Å². The molecule has 1 fully saturated rings. The van der Waals surface area contributed by atoms with Gasteiger partial charge in [-0.25, -0.2) is 9.97 Å². The summed E-state index contributed by atoms with van der Waals surface area (Å²) in [6, 6.07) is 1.87. The maximum Gasteiger partial charge on any atom is 0.223 e. The number of halogens is 1. The van der Waals surface area contributed by atoms with Crippen LogP contribution in [0.1, 0.15) is 28.8 Å². The molecular formula is C12H14ClN5S. The van der Waals surface area contributed by atoms with Crippen molar-refractivity contribution < 1.29 is 0 Å². The van der Waals surface area contributed by atoms with E-state index in [9.17, 15) is 0 Å². The highest BCUT2D eigenvalue weighted by atomic mass is 35.5. The minimum absolute atomic E-state index is 0.180. The number of hydrogen-bond donors (Lipinski definition) is 2. The van der Waals surface area contributed by atoms with E-state index in [2.05, 4.69) is 27.2 Å². The van der Waals surface area contributed by atoms with Crippen LogP contribution in [-0.4, -0.2) is 15.0 Å². The summed E-state index contributed by atoms with van der Waals surface area (Å²) in [4.78, 5) is 13.7. The Hall–Kier alpha value is -1.40. The summed E-state index contributed by atoms with van der Waals surface area (Å²) < 4.78 is 0. The van der Waals surface area contributed by atoms with E-state index in [0.29, 0.717) is 16.9 Å². The zero-order valence-electron chi connectivity index (χ0n) is 10.4. The lowest BCUT2D eigenvalue weighted by atomic mass is 10.2. The first-order valence-corrected chi connectivity index (χ1v) is 7.30. The van der Waals surface area contributed by atoms with Gasteiger partial charge in [-0.15, -0.1) is 11.3 Å². The molecule has 0 spiro atoms. The third kappa shape index (κ3) is 2.96. The van der Waals surface area contributed by atoms with Gasteiger partial charge in [0.2, 0.25) is 5.95 Å². The van der Waals surface area contributed by atoms with Crippen LogP contribution in [0.3, 0.4) is 0 Å². The molecule has 0 aromatic carbocycles. The highest BCUT2D eigenvalue weighted by molar-refractivity contribution is 7.11. The van der Waals surface area contributed by atoms with Crippen molar-refractivity contribution >= 4 is 34.7 Å². The van der Waals surface area contributed by atoms with Crippen molar-refractivity contribution in [1.82, 2.24) is 15.0 Å². The van der Waals surface area contributed by atoms with Crippen LogP contribution in [0.2, 0.25) is 5.15 Å². The maximum absolute atomic E-state index is 5.89. The van der Waals surface area contributed by atoms with E-state index >= 15 is 0 Å². The smallest absolute Gasteiger partial charge is 0.223 e. The summed E-state index contributed by atoms with van der Waals surface area (Å²) in [5.74, 6) is 1.45. The predicted molar refractivity (Wildman–Crippen MR) is 77.4 cm³/mol. The molecule has 1 aliphatic rings. The molecule has 0 bridgehead atoms. The average molecular weight is 296 g/mol. The van der Waals surface area contributed by atoms with Crippen LogP contribution in [0.25, 0.3) is 0 Å². The number of nitrogens with one attached hydrogen (secondary N) is 1. The SMILES string of the molecule is Cc1cnc(C(Nc2cc(Cl)nc(N)n2)C2CC2)s1. The Morgan fingerprint density at radius 3 is 2.84 bits per heavy atom. The zero-order chi connectivity index (χ0) is 13.4. The van der Waals surface area contributed by atoms with Crippen LogP contribution in [0.4, 0.5) is 11.8 Å². The summed E-state index contributed by atoms with van der Waals surface area (Å²) in [5, 5.41) is 4.82. The first kappa shape index (κ1) is 12.6. The van der Waals surface area contributed by atoms with E-state index in [4.69, 9.17) is 17.3 Å². The molecule has 3 N–H and O–H groups in total. The molecule has 1 saturated carbocycles. The van der Waals surface area contributed by atoms with Gasteiger partial charge in [0.05, 0.1) is 6.04 Å². The molecule has 0 radical (unpaired) electrons. The molecule has 0 amide bonds. The first-order valence-electron chi connectivity index (χ1n) is 6.11. The number of nitrogens with zero attached hydrogens (tertiary/aromatic N) is 3. The standard InChI is InChI=1S/C12H14ClN5S/c1-6-5-15-11(19-6)10(7-2-3-7)17-9-4-8(13)16-12(14)18-9/h4-5,7,10H,2-3H2,1H3,(H3,14,16,17,18). The molecule has 7 heteroatoms. The summed E-state index contributed by atoms with van der Waals surface area (Å²) >= 11 is 7.61. The second kappa shape index (κ2) is 4.94. The van der Waals surface area contributed by atoms with Gasteiger partial charge in [-0.05, 0) is 25.7 Å². The van der Waals surface area contributed by atoms with E-state index in [0.717, 1.165) is 5.01 Å². The topological polar surface area (TPSA) is 76.7 Å². The van der Waals surface area contributed by atoms with E-state index in [1.54, 1.807) is 17.4 Å². The van der Waals surface area contributed by atoms with Gasteiger partial charge < -0.3 is 11.1 Å². The number of nitrogen functional groups attached to an aromatic ring is 1. The highest BCUT2D eigenvalue weighted by Gasteiger charge is 2.34. The summed E-state index contributed by atoms with van der Waals surface area (Å²) in [5.41, 5.74) is 5.61. The molecule has 3 rings (SSSR count). The Bertz CT molecular complexity index is 575. The maximum atomic E-state index is 5.89. The molecule has 0 aliphatic heterocycles. The normalized spacial score (nSPS) is 16.3. The molecule has 1 unspecified atom stereocenters. The molecule has 2 aromatic heterocycles. The lowest BCUT2D eigenvalue weighted by Crippen LogP contribution is -2.14.